The second-order valence-electron chi connectivity index (χ2n) is 6.29. The summed E-state index contributed by atoms with van der Waals surface area (Å²) in [6, 6.07) is 26.6. The summed E-state index contributed by atoms with van der Waals surface area (Å²) in [4.78, 5) is 0. The van der Waals surface area contributed by atoms with Crippen LogP contribution in [-0.4, -0.2) is 24.4 Å². The molecule has 1 atom stereocenters. The van der Waals surface area contributed by atoms with Gasteiger partial charge >= 0.3 is 0 Å². The van der Waals surface area contributed by atoms with E-state index >= 15 is 0 Å². The molecule has 0 fully saturated rings. The highest BCUT2D eigenvalue weighted by molar-refractivity contribution is 5.78. The molecule has 0 radical (unpaired) electrons. The van der Waals surface area contributed by atoms with Crippen molar-refractivity contribution >= 4 is 0 Å². The number of para-hydroxylation sites is 1. The van der Waals surface area contributed by atoms with E-state index in [0.29, 0.717) is 6.54 Å². The fourth-order valence-electron chi connectivity index (χ4n) is 3.40. The maximum Gasteiger partial charge on any atom is 0.119 e. The average Bonchev–Trinajstić information content (AvgIpc) is 2.99. The Hall–Kier alpha value is -2.62. The van der Waals surface area contributed by atoms with E-state index in [-0.39, 0.29) is 12.6 Å². The summed E-state index contributed by atoms with van der Waals surface area (Å²) >= 11 is 0. The van der Waals surface area contributed by atoms with Crippen LogP contribution in [0.5, 0.6) is 5.75 Å². The molecule has 3 heteroatoms. The highest BCUT2D eigenvalue weighted by atomic mass is 16.5. The zero-order valence-electron chi connectivity index (χ0n) is 13.9. The van der Waals surface area contributed by atoms with Gasteiger partial charge in [-0.2, -0.15) is 0 Å². The maximum atomic E-state index is 10.3. The molecule has 0 spiro atoms. The van der Waals surface area contributed by atoms with E-state index in [0.717, 1.165) is 5.75 Å². The molecule has 0 saturated heterocycles. The van der Waals surface area contributed by atoms with Crippen molar-refractivity contribution < 1.29 is 9.84 Å². The lowest BCUT2D eigenvalue weighted by atomic mass is 10.1. The minimum atomic E-state index is -0.569. The number of fused-ring (bicyclic) bond motifs is 3. The summed E-state index contributed by atoms with van der Waals surface area (Å²) in [5.41, 5.74) is 5.07. The van der Waals surface area contributed by atoms with Crippen molar-refractivity contribution in [3.8, 4) is 16.9 Å². The summed E-state index contributed by atoms with van der Waals surface area (Å²) in [6.07, 6.45) is -0.569. The molecular formula is C22H21NO2. The van der Waals surface area contributed by atoms with Crippen LogP contribution in [0.1, 0.15) is 17.2 Å². The lowest BCUT2D eigenvalue weighted by Gasteiger charge is -2.19. The monoisotopic (exact) mass is 331 g/mol. The van der Waals surface area contributed by atoms with Crippen LogP contribution in [0.3, 0.4) is 0 Å². The SMILES string of the molecule is OC(CNC1c2ccccc2-c2ccccc21)COc1ccccc1. The van der Waals surface area contributed by atoms with Gasteiger partial charge in [0.2, 0.25) is 0 Å². The van der Waals surface area contributed by atoms with Crippen molar-refractivity contribution in [3.05, 3.63) is 90.0 Å². The average molecular weight is 331 g/mol. The number of hydrogen-bond acceptors (Lipinski definition) is 3. The standard InChI is InChI=1S/C22H21NO2/c24-16(15-25-17-8-2-1-3-9-17)14-23-22-20-12-6-4-10-18(20)19-11-5-7-13-21(19)22/h1-13,16,22-24H,14-15H2. The van der Waals surface area contributed by atoms with Gasteiger partial charge in [0, 0.05) is 6.54 Å². The Morgan fingerprint density at radius 2 is 1.36 bits per heavy atom. The quantitative estimate of drug-likeness (QED) is 0.722. The van der Waals surface area contributed by atoms with Gasteiger partial charge in [0.25, 0.3) is 0 Å². The summed E-state index contributed by atoms with van der Waals surface area (Å²) in [7, 11) is 0. The van der Waals surface area contributed by atoms with E-state index in [1.807, 2.05) is 30.3 Å². The maximum absolute atomic E-state index is 10.3. The van der Waals surface area contributed by atoms with Crippen molar-refractivity contribution in [2.24, 2.45) is 0 Å². The van der Waals surface area contributed by atoms with Crippen LogP contribution in [0, 0.1) is 0 Å². The molecule has 2 N–H and O–H groups in total. The Morgan fingerprint density at radius 1 is 0.800 bits per heavy atom. The molecule has 0 aromatic heterocycles. The number of aliphatic hydroxyl groups is 1. The number of nitrogens with one attached hydrogen (secondary N) is 1. The van der Waals surface area contributed by atoms with Gasteiger partial charge in [0.1, 0.15) is 18.5 Å². The summed E-state index contributed by atoms with van der Waals surface area (Å²) < 4.78 is 5.63. The van der Waals surface area contributed by atoms with Gasteiger partial charge < -0.3 is 15.2 Å². The van der Waals surface area contributed by atoms with Crippen LogP contribution in [0.4, 0.5) is 0 Å². The molecule has 1 aliphatic rings. The van der Waals surface area contributed by atoms with Crippen LogP contribution in [0.2, 0.25) is 0 Å². The molecule has 126 valence electrons. The van der Waals surface area contributed by atoms with Crippen molar-refractivity contribution in [2.45, 2.75) is 12.1 Å². The second-order valence-corrected chi connectivity index (χ2v) is 6.29. The lowest BCUT2D eigenvalue weighted by Crippen LogP contribution is -2.33. The zero-order chi connectivity index (χ0) is 17.1. The first-order valence-electron chi connectivity index (χ1n) is 8.60. The predicted molar refractivity (Wildman–Crippen MR) is 99.7 cm³/mol. The van der Waals surface area contributed by atoms with Crippen molar-refractivity contribution in [3.63, 3.8) is 0 Å². The van der Waals surface area contributed by atoms with E-state index in [9.17, 15) is 5.11 Å². The molecule has 4 rings (SSSR count). The van der Waals surface area contributed by atoms with E-state index in [4.69, 9.17) is 4.74 Å². The smallest absolute Gasteiger partial charge is 0.119 e. The molecule has 3 aromatic rings. The Morgan fingerprint density at radius 3 is 2.00 bits per heavy atom. The molecule has 3 nitrogen and oxygen atoms in total. The normalized spacial score (nSPS) is 14.0. The van der Waals surface area contributed by atoms with Crippen LogP contribution < -0.4 is 10.1 Å². The van der Waals surface area contributed by atoms with Gasteiger partial charge in [-0.3, -0.25) is 0 Å². The number of benzene rings is 3. The Balaban J connectivity index is 1.42. The van der Waals surface area contributed by atoms with Crippen molar-refractivity contribution in [1.29, 1.82) is 0 Å². The summed E-state index contributed by atoms with van der Waals surface area (Å²) in [6.45, 7) is 0.743. The third kappa shape index (κ3) is 3.29. The minimum absolute atomic E-state index is 0.110. The molecule has 0 bridgehead atoms. The number of aliphatic hydroxyl groups excluding tert-OH is 1. The number of hydrogen-bond donors (Lipinski definition) is 2. The number of ether oxygens (including phenoxy) is 1. The van der Waals surface area contributed by atoms with E-state index in [1.165, 1.54) is 22.3 Å². The minimum Gasteiger partial charge on any atom is -0.491 e. The largest absolute Gasteiger partial charge is 0.491 e. The summed E-state index contributed by atoms with van der Waals surface area (Å²) in [5.74, 6) is 0.776. The number of rotatable bonds is 6. The highest BCUT2D eigenvalue weighted by Gasteiger charge is 2.27. The Bertz CT molecular complexity index is 802. The molecule has 1 unspecified atom stereocenters. The van der Waals surface area contributed by atoms with Gasteiger partial charge in [-0.05, 0) is 34.4 Å². The van der Waals surface area contributed by atoms with Crippen LogP contribution in [0.25, 0.3) is 11.1 Å². The van der Waals surface area contributed by atoms with Crippen molar-refractivity contribution in [1.82, 2.24) is 5.32 Å². The first-order chi connectivity index (χ1) is 12.3. The van der Waals surface area contributed by atoms with Crippen LogP contribution in [0.15, 0.2) is 78.9 Å². The van der Waals surface area contributed by atoms with Crippen LogP contribution >= 0.6 is 0 Å². The second kappa shape index (κ2) is 7.09. The first-order valence-corrected chi connectivity index (χ1v) is 8.60. The Labute approximate surface area is 147 Å². The van der Waals surface area contributed by atoms with Gasteiger partial charge in [-0.15, -0.1) is 0 Å². The molecule has 0 amide bonds. The van der Waals surface area contributed by atoms with Crippen molar-refractivity contribution in [2.75, 3.05) is 13.2 Å². The van der Waals surface area contributed by atoms with Crippen LogP contribution in [-0.2, 0) is 0 Å². The molecule has 1 aliphatic carbocycles. The third-order valence-electron chi connectivity index (χ3n) is 4.58. The molecule has 3 aromatic carbocycles. The van der Waals surface area contributed by atoms with E-state index < -0.39 is 6.10 Å². The molecule has 0 saturated carbocycles. The van der Waals surface area contributed by atoms with Gasteiger partial charge in [-0.25, -0.2) is 0 Å². The van der Waals surface area contributed by atoms with E-state index in [1.54, 1.807) is 0 Å². The van der Waals surface area contributed by atoms with Gasteiger partial charge in [0.05, 0.1) is 6.04 Å². The lowest BCUT2D eigenvalue weighted by molar-refractivity contribution is 0.105. The van der Waals surface area contributed by atoms with Gasteiger partial charge in [0.15, 0.2) is 0 Å². The molecule has 0 heterocycles. The Kier molecular flexibility index (Phi) is 4.51. The molecule has 25 heavy (non-hydrogen) atoms. The fraction of sp³-hybridized carbons (Fsp3) is 0.182. The molecular weight excluding hydrogens is 310 g/mol. The third-order valence-corrected chi connectivity index (χ3v) is 4.58. The zero-order valence-corrected chi connectivity index (χ0v) is 13.9. The molecule has 0 aliphatic heterocycles. The topological polar surface area (TPSA) is 41.5 Å². The van der Waals surface area contributed by atoms with Gasteiger partial charge in [-0.1, -0.05) is 66.7 Å². The summed E-state index contributed by atoms with van der Waals surface area (Å²) in [5, 5.41) is 13.8. The fourth-order valence-corrected chi connectivity index (χ4v) is 3.40. The van der Waals surface area contributed by atoms with E-state index in [2.05, 4.69) is 53.8 Å². The first kappa shape index (κ1) is 15.9. The predicted octanol–water partition coefficient (Wildman–Crippen LogP) is 3.79. The highest BCUT2D eigenvalue weighted by Crippen LogP contribution is 2.42.